The average Bonchev–Trinajstić information content (AvgIpc) is 1.82. The second-order valence-corrected chi connectivity index (χ2v) is 2.16. The SMILES string of the molecule is CC1=C(N)C(N)NC(N)=N1. The first-order valence-corrected chi connectivity index (χ1v) is 2.94. The molecule has 7 N–H and O–H groups in total. The van der Waals surface area contributed by atoms with Crippen molar-refractivity contribution in [2.45, 2.75) is 13.1 Å². The van der Waals surface area contributed by atoms with Crippen LogP contribution < -0.4 is 22.5 Å². The van der Waals surface area contributed by atoms with Crippen molar-refractivity contribution >= 4 is 5.96 Å². The lowest BCUT2D eigenvalue weighted by molar-refractivity contribution is 0.684. The van der Waals surface area contributed by atoms with Crippen LogP contribution in [0.15, 0.2) is 16.4 Å². The molecular formula is C5H11N5. The van der Waals surface area contributed by atoms with Crippen LogP contribution >= 0.6 is 0 Å². The summed E-state index contributed by atoms with van der Waals surface area (Å²) in [6.45, 7) is 1.77. The van der Waals surface area contributed by atoms with Crippen LogP contribution in [0.2, 0.25) is 0 Å². The second-order valence-electron chi connectivity index (χ2n) is 2.16. The van der Waals surface area contributed by atoms with Gasteiger partial charge in [0.05, 0.1) is 11.4 Å². The van der Waals surface area contributed by atoms with Gasteiger partial charge in [-0.25, -0.2) is 4.99 Å². The van der Waals surface area contributed by atoms with Crippen molar-refractivity contribution in [1.82, 2.24) is 5.32 Å². The number of hydrogen-bond donors (Lipinski definition) is 4. The van der Waals surface area contributed by atoms with Crippen LogP contribution in [0.4, 0.5) is 0 Å². The Morgan fingerprint density at radius 1 is 1.50 bits per heavy atom. The Morgan fingerprint density at radius 2 is 2.10 bits per heavy atom. The van der Waals surface area contributed by atoms with Gasteiger partial charge in [0, 0.05) is 0 Å². The van der Waals surface area contributed by atoms with Crippen LogP contribution in [0, 0.1) is 0 Å². The number of allylic oxidation sites excluding steroid dienone is 1. The molecule has 0 aromatic rings. The molecule has 0 aliphatic carbocycles. The smallest absolute Gasteiger partial charge is 0.195 e. The molecule has 1 heterocycles. The molecule has 0 amide bonds. The molecule has 5 nitrogen and oxygen atoms in total. The van der Waals surface area contributed by atoms with Crippen molar-refractivity contribution in [1.29, 1.82) is 0 Å². The third-order valence-corrected chi connectivity index (χ3v) is 1.34. The molecule has 0 radical (unpaired) electrons. The molecule has 0 aromatic heterocycles. The monoisotopic (exact) mass is 141 g/mol. The lowest BCUT2D eigenvalue weighted by atomic mass is 10.3. The molecule has 1 atom stereocenters. The fourth-order valence-corrected chi connectivity index (χ4v) is 0.740. The molecule has 1 unspecified atom stereocenters. The van der Waals surface area contributed by atoms with E-state index >= 15 is 0 Å². The zero-order chi connectivity index (χ0) is 7.72. The van der Waals surface area contributed by atoms with E-state index in [-0.39, 0.29) is 0 Å². The maximum atomic E-state index is 5.51. The fourth-order valence-electron chi connectivity index (χ4n) is 0.740. The highest BCUT2D eigenvalue weighted by atomic mass is 15.2. The molecule has 0 aromatic carbocycles. The summed E-state index contributed by atoms with van der Waals surface area (Å²) >= 11 is 0. The molecule has 0 spiro atoms. The standard InChI is InChI=1S/C5H11N5/c1-2-3(6)4(7)10-5(8)9-2/h4H,6-7H2,1H3,(H3,8,9,10). The van der Waals surface area contributed by atoms with Gasteiger partial charge in [0.25, 0.3) is 0 Å². The lowest BCUT2D eigenvalue weighted by Gasteiger charge is -2.20. The van der Waals surface area contributed by atoms with Gasteiger partial charge in [0.1, 0.15) is 6.17 Å². The van der Waals surface area contributed by atoms with Gasteiger partial charge in [-0.1, -0.05) is 0 Å². The van der Waals surface area contributed by atoms with E-state index < -0.39 is 6.17 Å². The van der Waals surface area contributed by atoms with Gasteiger partial charge in [-0.05, 0) is 6.92 Å². The molecule has 0 bridgehead atoms. The van der Waals surface area contributed by atoms with E-state index in [9.17, 15) is 0 Å². The number of nitrogens with zero attached hydrogens (tertiary/aromatic N) is 1. The first-order chi connectivity index (χ1) is 4.61. The van der Waals surface area contributed by atoms with Gasteiger partial charge in [0.15, 0.2) is 5.96 Å². The van der Waals surface area contributed by atoms with Gasteiger partial charge in [-0.15, -0.1) is 0 Å². The van der Waals surface area contributed by atoms with Gasteiger partial charge in [-0.3, -0.25) is 0 Å². The lowest BCUT2D eigenvalue weighted by Crippen LogP contribution is -2.50. The van der Waals surface area contributed by atoms with Crippen LogP contribution in [0.1, 0.15) is 6.92 Å². The van der Waals surface area contributed by atoms with E-state index in [4.69, 9.17) is 17.2 Å². The molecular weight excluding hydrogens is 130 g/mol. The van der Waals surface area contributed by atoms with Crippen molar-refractivity contribution in [2.75, 3.05) is 0 Å². The van der Waals surface area contributed by atoms with E-state index in [1.54, 1.807) is 6.92 Å². The molecule has 1 aliphatic heterocycles. The zero-order valence-corrected chi connectivity index (χ0v) is 5.76. The maximum Gasteiger partial charge on any atom is 0.195 e. The predicted molar refractivity (Wildman–Crippen MR) is 39.6 cm³/mol. The quantitative estimate of drug-likeness (QED) is 0.325. The number of rotatable bonds is 0. The highest BCUT2D eigenvalue weighted by Crippen LogP contribution is 2.04. The van der Waals surface area contributed by atoms with Crippen molar-refractivity contribution < 1.29 is 0 Å². The number of nitrogens with two attached hydrogens (primary N) is 3. The van der Waals surface area contributed by atoms with Crippen LogP contribution in [0.5, 0.6) is 0 Å². The molecule has 0 fully saturated rings. The third kappa shape index (κ3) is 1.03. The van der Waals surface area contributed by atoms with Crippen molar-refractivity contribution in [3.05, 3.63) is 11.4 Å². The number of aliphatic imine (C=N–C) groups is 1. The van der Waals surface area contributed by atoms with Crippen LogP contribution in [0.25, 0.3) is 0 Å². The minimum Gasteiger partial charge on any atom is -0.398 e. The summed E-state index contributed by atoms with van der Waals surface area (Å²) in [5, 5.41) is 2.68. The topological polar surface area (TPSA) is 102 Å². The Hall–Kier alpha value is -1.23. The van der Waals surface area contributed by atoms with Gasteiger partial charge in [0.2, 0.25) is 0 Å². The molecule has 0 saturated carbocycles. The van der Waals surface area contributed by atoms with Crippen LogP contribution in [-0.2, 0) is 0 Å². The first kappa shape index (κ1) is 6.88. The van der Waals surface area contributed by atoms with Crippen molar-refractivity contribution in [3.63, 3.8) is 0 Å². The molecule has 56 valence electrons. The molecule has 5 heteroatoms. The Morgan fingerprint density at radius 3 is 2.60 bits per heavy atom. The highest BCUT2D eigenvalue weighted by Gasteiger charge is 2.13. The van der Waals surface area contributed by atoms with E-state index in [0.717, 1.165) is 0 Å². The van der Waals surface area contributed by atoms with Crippen LogP contribution in [-0.4, -0.2) is 12.1 Å². The van der Waals surface area contributed by atoms with E-state index in [0.29, 0.717) is 17.4 Å². The first-order valence-electron chi connectivity index (χ1n) is 2.94. The fraction of sp³-hybridized carbons (Fsp3) is 0.400. The molecule has 1 rings (SSSR count). The molecule has 1 aliphatic rings. The number of guanidine groups is 1. The summed E-state index contributed by atoms with van der Waals surface area (Å²) in [6, 6.07) is 0. The highest BCUT2D eigenvalue weighted by molar-refractivity contribution is 5.80. The van der Waals surface area contributed by atoms with Gasteiger partial charge in [-0.2, -0.15) is 0 Å². The van der Waals surface area contributed by atoms with E-state index in [1.165, 1.54) is 0 Å². The number of hydrogen-bond acceptors (Lipinski definition) is 5. The van der Waals surface area contributed by atoms with Crippen molar-refractivity contribution in [3.8, 4) is 0 Å². The number of nitrogens with one attached hydrogen (secondary N) is 1. The normalized spacial score (nSPS) is 25.8. The Balaban J connectivity index is 2.92. The summed E-state index contributed by atoms with van der Waals surface area (Å²) in [4.78, 5) is 3.87. The van der Waals surface area contributed by atoms with Crippen LogP contribution in [0.3, 0.4) is 0 Å². The molecule has 0 saturated heterocycles. The summed E-state index contributed by atoms with van der Waals surface area (Å²) in [5.41, 5.74) is 17.6. The van der Waals surface area contributed by atoms with E-state index in [1.807, 2.05) is 0 Å². The summed E-state index contributed by atoms with van der Waals surface area (Å²) in [7, 11) is 0. The summed E-state index contributed by atoms with van der Waals surface area (Å²) in [5.74, 6) is 0.319. The summed E-state index contributed by atoms with van der Waals surface area (Å²) in [6.07, 6.45) is -0.391. The van der Waals surface area contributed by atoms with E-state index in [2.05, 4.69) is 10.3 Å². The predicted octanol–water partition coefficient (Wildman–Crippen LogP) is -1.62. The summed E-state index contributed by atoms with van der Waals surface area (Å²) < 4.78 is 0. The maximum absolute atomic E-state index is 5.51. The van der Waals surface area contributed by atoms with Gasteiger partial charge < -0.3 is 22.5 Å². The van der Waals surface area contributed by atoms with Gasteiger partial charge >= 0.3 is 0 Å². The molecule has 10 heavy (non-hydrogen) atoms. The largest absolute Gasteiger partial charge is 0.398 e. The second kappa shape index (κ2) is 2.18. The zero-order valence-electron chi connectivity index (χ0n) is 5.76. The average molecular weight is 141 g/mol. The Labute approximate surface area is 59.0 Å². The minimum absolute atomic E-state index is 0.319. The minimum atomic E-state index is -0.391. The Kier molecular flexibility index (Phi) is 1.50. The third-order valence-electron chi connectivity index (χ3n) is 1.34. The van der Waals surface area contributed by atoms with Crippen molar-refractivity contribution in [2.24, 2.45) is 22.2 Å². The Bertz CT molecular complexity index is 204.